The summed E-state index contributed by atoms with van der Waals surface area (Å²) in [6, 6.07) is 0. The second-order valence-corrected chi connectivity index (χ2v) is 27.3. The molecule has 0 aromatic carbocycles. The van der Waals surface area contributed by atoms with Crippen molar-refractivity contribution in [1.29, 1.82) is 0 Å². The highest BCUT2D eigenvalue weighted by atomic mass is 28.4. The summed E-state index contributed by atoms with van der Waals surface area (Å²) in [6.45, 7) is 24.5. The van der Waals surface area contributed by atoms with Crippen molar-refractivity contribution >= 4 is 36.6 Å². The smallest absolute Gasteiger partial charge is 0.292 e. The zero-order valence-corrected chi connectivity index (χ0v) is 30.7. The van der Waals surface area contributed by atoms with Crippen LogP contribution in [0.2, 0.25) is 58.9 Å². The molecule has 0 amide bonds. The molecule has 1 aliphatic carbocycles. The molecular formula is C31H61NO5Si3. The molecule has 0 aromatic rings. The summed E-state index contributed by atoms with van der Waals surface area (Å²) in [6.07, 6.45) is 17.9. The van der Waals surface area contributed by atoms with Gasteiger partial charge in [0, 0.05) is 24.7 Å². The van der Waals surface area contributed by atoms with Gasteiger partial charge >= 0.3 is 0 Å². The molecule has 1 fully saturated rings. The maximum Gasteiger partial charge on any atom is 0.292 e. The van der Waals surface area contributed by atoms with Gasteiger partial charge in [-0.25, -0.2) is 0 Å². The van der Waals surface area contributed by atoms with Crippen LogP contribution in [0.1, 0.15) is 71.6 Å². The third kappa shape index (κ3) is 17.1. The van der Waals surface area contributed by atoms with Crippen LogP contribution in [0, 0.1) is 11.8 Å². The van der Waals surface area contributed by atoms with Crippen molar-refractivity contribution in [3.05, 3.63) is 24.3 Å². The fourth-order valence-corrected chi connectivity index (χ4v) is 8.01. The van der Waals surface area contributed by atoms with E-state index in [4.69, 9.17) is 18.1 Å². The van der Waals surface area contributed by atoms with Gasteiger partial charge in [0.25, 0.3) is 5.97 Å². The topological polar surface area (TPSA) is 66.4 Å². The lowest BCUT2D eigenvalue weighted by Crippen LogP contribution is -2.35. The summed E-state index contributed by atoms with van der Waals surface area (Å²) < 4.78 is 18.9. The largest absolute Gasteiger partial charge is 0.520 e. The molecule has 0 saturated heterocycles. The molecule has 0 N–H and O–H groups in total. The Morgan fingerprint density at radius 2 is 1.65 bits per heavy atom. The number of rotatable bonds is 19. The maximum absolute atomic E-state index is 12.1. The van der Waals surface area contributed by atoms with Crippen molar-refractivity contribution in [2.24, 2.45) is 17.0 Å². The number of hydrogen-bond acceptors (Lipinski definition) is 6. The number of nitrogens with zero attached hydrogens (tertiary/aromatic N) is 1. The van der Waals surface area contributed by atoms with E-state index in [1.165, 1.54) is 19.3 Å². The summed E-state index contributed by atoms with van der Waals surface area (Å²) in [5.41, 5.74) is 1.09. The monoisotopic (exact) mass is 611 g/mol. The van der Waals surface area contributed by atoms with Crippen LogP contribution < -0.4 is 0 Å². The minimum atomic E-state index is -1.82. The van der Waals surface area contributed by atoms with Crippen molar-refractivity contribution in [3.8, 4) is 0 Å². The minimum absolute atomic E-state index is 0.0694. The van der Waals surface area contributed by atoms with Gasteiger partial charge in [0.05, 0.1) is 17.9 Å². The SMILES string of the molecule is CCCCC[C@@H](/C=C/[C@H]1[C@H](O[Si](C)(C)C)C/C(=N/OCC)[C@@H]1C/C=C\CCCC(=O)O[Si](C)(C)C)O[Si](C)(C)C. The molecule has 0 aliphatic heterocycles. The van der Waals surface area contributed by atoms with E-state index < -0.39 is 25.0 Å². The summed E-state index contributed by atoms with van der Waals surface area (Å²) >= 11 is 0. The number of carbonyl (C=O) groups excluding carboxylic acids is 1. The van der Waals surface area contributed by atoms with Gasteiger partial charge in [0.15, 0.2) is 16.6 Å². The third-order valence-electron chi connectivity index (χ3n) is 6.42. The summed E-state index contributed by atoms with van der Waals surface area (Å²) in [5, 5.41) is 4.58. The fourth-order valence-electron chi connectivity index (χ4n) is 4.97. The van der Waals surface area contributed by atoms with Gasteiger partial charge in [-0.3, -0.25) is 4.79 Å². The molecule has 0 aromatic heterocycles. The van der Waals surface area contributed by atoms with Crippen molar-refractivity contribution in [2.75, 3.05) is 6.61 Å². The predicted molar refractivity (Wildman–Crippen MR) is 177 cm³/mol. The third-order valence-corrected chi connectivity index (χ3v) is 9.28. The lowest BCUT2D eigenvalue weighted by Gasteiger charge is -2.29. The number of allylic oxidation sites excluding steroid dienone is 2. The molecule has 0 unspecified atom stereocenters. The highest BCUT2D eigenvalue weighted by Crippen LogP contribution is 2.38. The first-order valence-corrected chi connectivity index (χ1v) is 25.9. The van der Waals surface area contributed by atoms with Crippen molar-refractivity contribution in [2.45, 2.75) is 143 Å². The van der Waals surface area contributed by atoms with E-state index in [-0.39, 0.29) is 30.0 Å². The lowest BCUT2D eigenvalue weighted by molar-refractivity contribution is -0.135. The average molecular weight is 612 g/mol. The molecule has 40 heavy (non-hydrogen) atoms. The van der Waals surface area contributed by atoms with Crippen LogP contribution >= 0.6 is 0 Å². The summed E-state index contributed by atoms with van der Waals surface area (Å²) in [5.74, 6) is 0.377. The van der Waals surface area contributed by atoms with Gasteiger partial charge in [-0.1, -0.05) is 55.6 Å². The molecule has 0 bridgehead atoms. The zero-order valence-electron chi connectivity index (χ0n) is 27.7. The molecule has 4 atom stereocenters. The second kappa shape index (κ2) is 17.8. The normalized spacial score (nSPS) is 22.5. The standard InChI is InChI=1S/C31H61NO5Si3/c1-12-14-17-20-26(35-38(3,4)5)23-24-28-27(21-18-15-16-19-22-31(33)37-40(9,10)11)29(32-34-13-2)25-30(28)36-39(6,7)8/h15,18,23-24,26-28,30H,12-14,16-17,19-22,25H2,1-11H3/b18-15-,24-23+,32-29-/t26-,27+,28+,30+/m0/s1. The molecule has 232 valence electrons. The van der Waals surface area contributed by atoms with Crippen LogP contribution in [0.5, 0.6) is 0 Å². The van der Waals surface area contributed by atoms with E-state index >= 15 is 0 Å². The van der Waals surface area contributed by atoms with E-state index in [0.29, 0.717) is 13.0 Å². The number of carbonyl (C=O) groups is 1. The number of oxime groups is 1. The lowest BCUT2D eigenvalue weighted by atomic mass is 9.89. The molecule has 9 heteroatoms. The van der Waals surface area contributed by atoms with Gasteiger partial charge in [-0.15, -0.1) is 0 Å². The molecule has 6 nitrogen and oxygen atoms in total. The number of hydrogen-bond donors (Lipinski definition) is 0. The first-order chi connectivity index (χ1) is 18.5. The molecule has 1 rings (SSSR count). The highest BCUT2D eigenvalue weighted by molar-refractivity contribution is 6.71. The maximum atomic E-state index is 12.1. The molecule has 0 heterocycles. The Morgan fingerprint density at radius 3 is 2.23 bits per heavy atom. The van der Waals surface area contributed by atoms with Crippen LogP contribution in [0.15, 0.2) is 29.5 Å². The quantitative estimate of drug-likeness (QED) is 0.0631. The summed E-state index contributed by atoms with van der Waals surface area (Å²) in [4.78, 5) is 17.6. The summed E-state index contributed by atoms with van der Waals surface area (Å²) in [7, 11) is -5.26. The van der Waals surface area contributed by atoms with Gasteiger partial charge in [0.1, 0.15) is 6.61 Å². The zero-order chi connectivity index (χ0) is 30.4. The molecule has 1 aliphatic rings. The van der Waals surface area contributed by atoms with E-state index in [2.05, 4.69) is 75.7 Å². The first kappa shape index (κ1) is 37.0. The van der Waals surface area contributed by atoms with Gasteiger partial charge in [0.2, 0.25) is 8.32 Å². The van der Waals surface area contributed by atoms with Gasteiger partial charge in [-0.2, -0.15) is 0 Å². The Hall–Kier alpha value is -1.01. The van der Waals surface area contributed by atoms with Gasteiger partial charge < -0.3 is 18.1 Å². The Bertz CT molecular complexity index is 824. The average Bonchev–Trinajstić information content (AvgIpc) is 3.10. The Kier molecular flexibility index (Phi) is 16.5. The van der Waals surface area contributed by atoms with Crippen LogP contribution in [0.25, 0.3) is 0 Å². The van der Waals surface area contributed by atoms with E-state index in [0.717, 1.165) is 37.8 Å². The predicted octanol–water partition coefficient (Wildman–Crippen LogP) is 9.09. The molecule has 1 saturated carbocycles. The minimum Gasteiger partial charge on any atom is -0.520 e. The number of unbranched alkanes of at least 4 members (excludes halogenated alkanes) is 3. The Morgan fingerprint density at radius 1 is 0.950 bits per heavy atom. The molecule has 0 radical (unpaired) electrons. The van der Waals surface area contributed by atoms with Gasteiger partial charge in [-0.05, 0) is 91.5 Å². The second-order valence-electron chi connectivity index (χ2n) is 14.0. The molecular weight excluding hydrogens is 551 g/mol. The van der Waals surface area contributed by atoms with E-state index in [1.54, 1.807) is 0 Å². The van der Waals surface area contributed by atoms with Crippen LogP contribution in [0.4, 0.5) is 0 Å². The first-order valence-electron chi connectivity index (χ1n) is 15.6. The van der Waals surface area contributed by atoms with Crippen molar-refractivity contribution < 1.29 is 22.9 Å². The van der Waals surface area contributed by atoms with Crippen LogP contribution in [-0.4, -0.2) is 55.4 Å². The Labute approximate surface area is 249 Å². The Balaban J connectivity index is 3.08. The van der Waals surface area contributed by atoms with Crippen LogP contribution in [0.3, 0.4) is 0 Å². The molecule has 0 spiro atoms. The van der Waals surface area contributed by atoms with E-state index in [1.807, 2.05) is 26.6 Å². The fraction of sp³-hybridized carbons (Fsp3) is 0.806. The van der Waals surface area contributed by atoms with Crippen LogP contribution in [-0.2, 0) is 22.9 Å². The van der Waals surface area contributed by atoms with Crippen molar-refractivity contribution in [1.82, 2.24) is 0 Å². The highest BCUT2D eigenvalue weighted by Gasteiger charge is 2.42. The van der Waals surface area contributed by atoms with Crippen molar-refractivity contribution in [3.63, 3.8) is 0 Å². The van der Waals surface area contributed by atoms with E-state index in [9.17, 15) is 4.79 Å².